The molecular formula is C19H26N4O3. The average molecular weight is 358 g/mol. The molecule has 0 bridgehead atoms. The molecule has 0 saturated heterocycles. The Morgan fingerprint density at radius 3 is 2.77 bits per heavy atom. The number of guanidine groups is 1. The number of aliphatic imine (C=N–C) groups is 1. The number of nitrogens with one attached hydrogen (secondary N) is 2. The summed E-state index contributed by atoms with van der Waals surface area (Å²) in [6.45, 7) is 1.30. The minimum atomic E-state index is -0.0214. The Kier molecular flexibility index (Phi) is 7.54. The fraction of sp³-hybridized carbons (Fsp3) is 0.368. The SMILES string of the molecule is COc1cccc(CN=C(NCCc2ccco2)NCC(=O)N(C)C)c1. The van der Waals surface area contributed by atoms with Crippen LogP contribution in [0.4, 0.5) is 0 Å². The lowest BCUT2D eigenvalue weighted by Crippen LogP contribution is -2.43. The summed E-state index contributed by atoms with van der Waals surface area (Å²) in [6, 6.07) is 11.5. The summed E-state index contributed by atoms with van der Waals surface area (Å²) < 4.78 is 10.6. The van der Waals surface area contributed by atoms with Crippen LogP contribution in [0.25, 0.3) is 0 Å². The zero-order chi connectivity index (χ0) is 18.8. The number of furan rings is 1. The summed E-state index contributed by atoms with van der Waals surface area (Å²) in [7, 11) is 5.08. The van der Waals surface area contributed by atoms with Crippen LogP contribution in [0, 0.1) is 0 Å². The Balaban J connectivity index is 1.96. The lowest BCUT2D eigenvalue weighted by atomic mass is 10.2. The molecule has 26 heavy (non-hydrogen) atoms. The predicted molar refractivity (Wildman–Crippen MR) is 101 cm³/mol. The number of ether oxygens (including phenoxy) is 1. The second kappa shape index (κ2) is 10.1. The zero-order valence-electron chi connectivity index (χ0n) is 15.5. The Labute approximate surface area is 154 Å². The molecule has 7 heteroatoms. The summed E-state index contributed by atoms with van der Waals surface area (Å²) in [5.41, 5.74) is 1.02. The first-order valence-electron chi connectivity index (χ1n) is 8.46. The first-order chi connectivity index (χ1) is 12.6. The Morgan fingerprint density at radius 2 is 2.08 bits per heavy atom. The van der Waals surface area contributed by atoms with Crippen molar-refractivity contribution >= 4 is 11.9 Å². The minimum absolute atomic E-state index is 0.0214. The Hall–Kier alpha value is -2.96. The van der Waals surface area contributed by atoms with E-state index in [1.54, 1.807) is 27.5 Å². The standard InChI is InChI=1S/C19H26N4O3/c1-23(2)18(24)14-22-19(20-10-9-16-8-5-11-26-16)21-13-15-6-4-7-17(12-15)25-3/h4-8,11-12H,9-10,13-14H2,1-3H3,(H2,20,21,22). The highest BCUT2D eigenvalue weighted by atomic mass is 16.5. The van der Waals surface area contributed by atoms with Crippen molar-refractivity contribution in [2.75, 3.05) is 34.3 Å². The molecule has 0 unspecified atom stereocenters. The molecule has 2 rings (SSSR count). The highest BCUT2D eigenvalue weighted by Crippen LogP contribution is 2.13. The first-order valence-corrected chi connectivity index (χ1v) is 8.46. The van der Waals surface area contributed by atoms with E-state index >= 15 is 0 Å². The number of carbonyl (C=O) groups is 1. The second-order valence-electron chi connectivity index (χ2n) is 5.91. The van der Waals surface area contributed by atoms with Gasteiger partial charge in [-0.25, -0.2) is 4.99 Å². The zero-order valence-corrected chi connectivity index (χ0v) is 15.5. The van der Waals surface area contributed by atoms with E-state index in [1.807, 2.05) is 36.4 Å². The normalized spacial score (nSPS) is 11.1. The molecule has 1 aromatic heterocycles. The van der Waals surface area contributed by atoms with E-state index in [2.05, 4.69) is 15.6 Å². The van der Waals surface area contributed by atoms with Gasteiger partial charge in [0.1, 0.15) is 11.5 Å². The lowest BCUT2D eigenvalue weighted by molar-refractivity contribution is -0.127. The van der Waals surface area contributed by atoms with Crippen LogP contribution >= 0.6 is 0 Å². The van der Waals surface area contributed by atoms with Crippen LogP contribution in [0.3, 0.4) is 0 Å². The maximum Gasteiger partial charge on any atom is 0.241 e. The van der Waals surface area contributed by atoms with Crippen molar-refractivity contribution in [2.45, 2.75) is 13.0 Å². The van der Waals surface area contributed by atoms with Gasteiger partial charge >= 0.3 is 0 Å². The topological polar surface area (TPSA) is 79.1 Å². The van der Waals surface area contributed by atoms with E-state index in [1.165, 1.54) is 4.90 Å². The van der Waals surface area contributed by atoms with Gasteiger partial charge in [0.15, 0.2) is 5.96 Å². The van der Waals surface area contributed by atoms with Crippen LogP contribution < -0.4 is 15.4 Å². The van der Waals surface area contributed by atoms with Gasteiger partial charge < -0.3 is 24.7 Å². The number of carbonyl (C=O) groups excluding carboxylic acids is 1. The van der Waals surface area contributed by atoms with Gasteiger partial charge in [0, 0.05) is 27.1 Å². The summed E-state index contributed by atoms with van der Waals surface area (Å²) >= 11 is 0. The number of rotatable bonds is 8. The fourth-order valence-corrected chi connectivity index (χ4v) is 2.19. The van der Waals surface area contributed by atoms with Gasteiger partial charge in [-0.15, -0.1) is 0 Å². The molecule has 0 aliphatic heterocycles. The van der Waals surface area contributed by atoms with E-state index in [-0.39, 0.29) is 12.5 Å². The molecule has 0 spiro atoms. The largest absolute Gasteiger partial charge is 0.497 e. The van der Waals surface area contributed by atoms with Gasteiger partial charge in [-0.3, -0.25) is 4.79 Å². The molecule has 0 aliphatic carbocycles. The molecule has 1 heterocycles. The molecule has 2 N–H and O–H groups in total. The van der Waals surface area contributed by atoms with Crippen molar-refractivity contribution in [3.8, 4) is 5.75 Å². The molecule has 1 amide bonds. The summed E-state index contributed by atoms with van der Waals surface area (Å²) in [6.07, 6.45) is 2.38. The van der Waals surface area contributed by atoms with Crippen molar-refractivity contribution in [1.29, 1.82) is 0 Å². The van der Waals surface area contributed by atoms with Crippen molar-refractivity contribution in [2.24, 2.45) is 4.99 Å². The molecule has 0 radical (unpaired) electrons. The number of methoxy groups -OCH3 is 1. The second-order valence-corrected chi connectivity index (χ2v) is 5.91. The molecule has 1 aromatic carbocycles. The van der Waals surface area contributed by atoms with E-state index < -0.39 is 0 Å². The van der Waals surface area contributed by atoms with Crippen molar-refractivity contribution in [3.63, 3.8) is 0 Å². The van der Waals surface area contributed by atoms with Gasteiger partial charge in [-0.2, -0.15) is 0 Å². The van der Waals surface area contributed by atoms with Gasteiger partial charge in [0.05, 0.1) is 26.5 Å². The van der Waals surface area contributed by atoms with Crippen LogP contribution in [-0.2, 0) is 17.8 Å². The Bertz CT molecular complexity index is 711. The molecule has 2 aromatic rings. The third-order valence-corrected chi connectivity index (χ3v) is 3.70. The van der Waals surface area contributed by atoms with Gasteiger partial charge in [0.25, 0.3) is 0 Å². The molecule has 0 aliphatic rings. The van der Waals surface area contributed by atoms with E-state index in [0.29, 0.717) is 19.0 Å². The summed E-state index contributed by atoms with van der Waals surface area (Å²) in [5.74, 6) is 2.25. The van der Waals surface area contributed by atoms with E-state index in [9.17, 15) is 4.79 Å². The summed E-state index contributed by atoms with van der Waals surface area (Å²) in [5, 5.41) is 6.29. The number of benzene rings is 1. The number of hydrogen-bond donors (Lipinski definition) is 2. The van der Waals surface area contributed by atoms with Crippen molar-refractivity contribution in [3.05, 3.63) is 54.0 Å². The van der Waals surface area contributed by atoms with Crippen LogP contribution in [0.5, 0.6) is 5.75 Å². The molecule has 140 valence electrons. The molecule has 0 saturated carbocycles. The van der Waals surface area contributed by atoms with Gasteiger partial charge in [0.2, 0.25) is 5.91 Å². The minimum Gasteiger partial charge on any atom is -0.497 e. The van der Waals surface area contributed by atoms with Crippen LogP contribution in [-0.4, -0.2) is 51.1 Å². The van der Waals surface area contributed by atoms with Crippen molar-refractivity contribution < 1.29 is 13.9 Å². The molecular weight excluding hydrogens is 332 g/mol. The fourth-order valence-electron chi connectivity index (χ4n) is 2.19. The number of likely N-dealkylation sites (N-methyl/N-ethyl adjacent to an activating group) is 1. The highest BCUT2D eigenvalue weighted by molar-refractivity contribution is 5.86. The quantitative estimate of drug-likeness (QED) is 0.554. The lowest BCUT2D eigenvalue weighted by Gasteiger charge is -2.15. The monoisotopic (exact) mass is 358 g/mol. The number of hydrogen-bond acceptors (Lipinski definition) is 4. The van der Waals surface area contributed by atoms with Crippen molar-refractivity contribution in [1.82, 2.24) is 15.5 Å². The third-order valence-electron chi connectivity index (χ3n) is 3.70. The molecule has 7 nitrogen and oxygen atoms in total. The third kappa shape index (κ3) is 6.51. The van der Waals surface area contributed by atoms with E-state index in [4.69, 9.17) is 9.15 Å². The maximum atomic E-state index is 11.8. The average Bonchev–Trinajstić information content (AvgIpc) is 3.16. The van der Waals surface area contributed by atoms with Gasteiger partial charge in [-0.05, 0) is 29.8 Å². The maximum absolute atomic E-state index is 11.8. The van der Waals surface area contributed by atoms with Crippen LogP contribution in [0.1, 0.15) is 11.3 Å². The first kappa shape index (κ1) is 19.4. The summed E-state index contributed by atoms with van der Waals surface area (Å²) in [4.78, 5) is 17.9. The van der Waals surface area contributed by atoms with E-state index in [0.717, 1.165) is 23.5 Å². The number of amides is 1. The van der Waals surface area contributed by atoms with Crippen LogP contribution in [0.2, 0.25) is 0 Å². The highest BCUT2D eigenvalue weighted by Gasteiger charge is 2.06. The Morgan fingerprint density at radius 1 is 1.23 bits per heavy atom. The molecule has 0 fully saturated rings. The van der Waals surface area contributed by atoms with Crippen LogP contribution in [0.15, 0.2) is 52.1 Å². The van der Waals surface area contributed by atoms with Gasteiger partial charge in [-0.1, -0.05) is 12.1 Å². The number of nitrogens with zero attached hydrogens (tertiary/aromatic N) is 2. The predicted octanol–water partition coefficient (Wildman–Crippen LogP) is 1.65. The smallest absolute Gasteiger partial charge is 0.241 e. The molecule has 0 atom stereocenters.